The summed E-state index contributed by atoms with van der Waals surface area (Å²) >= 11 is 0. The fourth-order valence-corrected chi connectivity index (χ4v) is 0.858. The second-order valence-corrected chi connectivity index (χ2v) is 2.48. The van der Waals surface area contributed by atoms with Crippen LogP contribution in [0.25, 0.3) is 0 Å². The molecule has 0 amide bonds. The van der Waals surface area contributed by atoms with E-state index in [2.05, 4.69) is 6.58 Å². The average molecular weight is 179 g/mol. The summed E-state index contributed by atoms with van der Waals surface area (Å²) in [6, 6.07) is 7.04. The zero-order chi connectivity index (χ0) is 9.68. The van der Waals surface area contributed by atoms with Crippen LogP contribution in [-0.2, 0) is 4.74 Å². The fourth-order valence-electron chi connectivity index (χ4n) is 0.858. The minimum Gasteiger partial charge on any atom is -0.466 e. The van der Waals surface area contributed by atoms with Crippen molar-refractivity contribution in [2.75, 3.05) is 12.3 Å². The highest BCUT2D eigenvalue weighted by molar-refractivity contribution is 5.41. The third-order valence-electron chi connectivity index (χ3n) is 1.42. The van der Waals surface area contributed by atoms with E-state index < -0.39 is 0 Å². The van der Waals surface area contributed by atoms with E-state index in [0.29, 0.717) is 24.0 Å². The van der Waals surface area contributed by atoms with Gasteiger partial charge in [0.2, 0.25) is 0 Å². The monoisotopic (exact) mass is 179 g/mol. The summed E-state index contributed by atoms with van der Waals surface area (Å²) in [5, 5.41) is 0. The Morgan fingerprint density at radius 2 is 2.00 bits per heavy atom. The number of rotatable bonds is 4. The molecule has 0 aliphatic heterocycles. The molecule has 1 rings (SSSR count). The van der Waals surface area contributed by atoms with Crippen LogP contribution < -0.4 is 10.5 Å². The van der Waals surface area contributed by atoms with Crippen molar-refractivity contribution in [3.63, 3.8) is 0 Å². The Balaban J connectivity index is 2.54. The van der Waals surface area contributed by atoms with Gasteiger partial charge in [0, 0.05) is 5.69 Å². The molecule has 1 aromatic rings. The molecule has 3 nitrogen and oxygen atoms in total. The maximum atomic E-state index is 5.51. The van der Waals surface area contributed by atoms with Gasteiger partial charge in [-0.15, -0.1) is 0 Å². The maximum Gasteiger partial charge on any atom is 0.277 e. The zero-order valence-electron chi connectivity index (χ0n) is 7.62. The highest BCUT2D eigenvalue weighted by atomic mass is 16.7. The van der Waals surface area contributed by atoms with Crippen molar-refractivity contribution in [1.82, 2.24) is 0 Å². The summed E-state index contributed by atoms with van der Waals surface area (Å²) < 4.78 is 10.3. The summed E-state index contributed by atoms with van der Waals surface area (Å²) in [5.41, 5.74) is 6.21. The number of hydrogen-bond acceptors (Lipinski definition) is 3. The van der Waals surface area contributed by atoms with Gasteiger partial charge in [-0.3, -0.25) is 0 Å². The molecule has 0 bridgehead atoms. The standard InChI is InChI=1S/C10H13NO2/c1-3-12-8(2)13-10-6-4-9(11)5-7-10/h4-7H,2-3,11H2,1H3. The molecule has 0 radical (unpaired) electrons. The van der Waals surface area contributed by atoms with Crippen molar-refractivity contribution in [3.05, 3.63) is 36.8 Å². The molecular formula is C10H13NO2. The largest absolute Gasteiger partial charge is 0.466 e. The van der Waals surface area contributed by atoms with Crippen LogP contribution in [-0.4, -0.2) is 6.61 Å². The first-order chi connectivity index (χ1) is 6.22. The van der Waals surface area contributed by atoms with Gasteiger partial charge in [-0.25, -0.2) is 0 Å². The van der Waals surface area contributed by atoms with Crippen LogP contribution in [0.3, 0.4) is 0 Å². The van der Waals surface area contributed by atoms with Gasteiger partial charge in [-0.2, -0.15) is 0 Å². The first-order valence-electron chi connectivity index (χ1n) is 4.07. The molecule has 0 aromatic heterocycles. The van der Waals surface area contributed by atoms with Crippen LogP contribution >= 0.6 is 0 Å². The highest BCUT2D eigenvalue weighted by Crippen LogP contribution is 2.15. The van der Waals surface area contributed by atoms with Crippen molar-refractivity contribution in [2.45, 2.75) is 6.92 Å². The average Bonchev–Trinajstić information content (AvgIpc) is 2.09. The van der Waals surface area contributed by atoms with E-state index >= 15 is 0 Å². The predicted molar refractivity (Wildman–Crippen MR) is 52.2 cm³/mol. The Morgan fingerprint density at radius 1 is 1.38 bits per heavy atom. The summed E-state index contributed by atoms with van der Waals surface area (Å²) in [6.07, 6.45) is 0. The third kappa shape index (κ3) is 3.07. The lowest BCUT2D eigenvalue weighted by atomic mass is 10.3. The lowest BCUT2D eigenvalue weighted by molar-refractivity contribution is 0.118. The number of ether oxygens (including phenoxy) is 2. The summed E-state index contributed by atoms with van der Waals surface area (Å²) in [4.78, 5) is 0. The molecule has 70 valence electrons. The minimum absolute atomic E-state index is 0.298. The second-order valence-electron chi connectivity index (χ2n) is 2.48. The normalized spacial score (nSPS) is 9.31. The maximum absolute atomic E-state index is 5.51. The van der Waals surface area contributed by atoms with Crippen LogP contribution in [0, 0.1) is 0 Å². The summed E-state index contributed by atoms with van der Waals surface area (Å²) in [6.45, 7) is 6.01. The lowest BCUT2D eigenvalue weighted by Crippen LogP contribution is -1.98. The summed E-state index contributed by atoms with van der Waals surface area (Å²) in [7, 11) is 0. The number of benzene rings is 1. The topological polar surface area (TPSA) is 44.5 Å². The predicted octanol–water partition coefficient (Wildman–Crippen LogP) is 2.16. The molecule has 0 heterocycles. The third-order valence-corrected chi connectivity index (χ3v) is 1.42. The van der Waals surface area contributed by atoms with E-state index in [1.807, 2.05) is 6.92 Å². The van der Waals surface area contributed by atoms with Crippen LogP contribution in [0.4, 0.5) is 5.69 Å². The number of hydrogen-bond donors (Lipinski definition) is 1. The van der Waals surface area contributed by atoms with Crippen molar-refractivity contribution >= 4 is 5.69 Å². The van der Waals surface area contributed by atoms with E-state index in [1.165, 1.54) is 0 Å². The smallest absolute Gasteiger partial charge is 0.277 e. The van der Waals surface area contributed by atoms with Crippen LogP contribution in [0.2, 0.25) is 0 Å². The van der Waals surface area contributed by atoms with Gasteiger partial charge in [0.1, 0.15) is 5.75 Å². The first-order valence-corrected chi connectivity index (χ1v) is 4.07. The number of nitrogen functional groups attached to an aromatic ring is 1. The van der Waals surface area contributed by atoms with Gasteiger partial charge in [0.05, 0.1) is 6.61 Å². The molecule has 0 fully saturated rings. The zero-order valence-corrected chi connectivity index (χ0v) is 7.62. The van der Waals surface area contributed by atoms with E-state index in [0.717, 1.165) is 0 Å². The highest BCUT2D eigenvalue weighted by Gasteiger charge is 1.96. The molecule has 3 heteroatoms. The molecule has 0 aliphatic carbocycles. The van der Waals surface area contributed by atoms with Gasteiger partial charge in [-0.1, -0.05) is 0 Å². The Morgan fingerprint density at radius 3 is 2.54 bits per heavy atom. The molecule has 0 atom stereocenters. The van der Waals surface area contributed by atoms with Crippen molar-refractivity contribution in [1.29, 1.82) is 0 Å². The van der Waals surface area contributed by atoms with Gasteiger partial charge in [-0.05, 0) is 37.8 Å². The molecule has 1 aromatic carbocycles. The molecule has 0 saturated carbocycles. The van der Waals surface area contributed by atoms with E-state index in [-0.39, 0.29) is 0 Å². The van der Waals surface area contributed by atoms with E-state index in [4.69, 9.17) is 15.2 Å². The molecule has 0 saturated heterocycles. The fraction of sp³-hybridized carbons (Fsp3) is 0.200. The van der Waals surface area contributed by atoms with Gasteiger partial charge < -0.3 is 15.2 Å². The summed E-state index contributed by atoms with van der Waals surface area (Å²) in [5.74, 6) is 0.972. The van der Waals surface area contributed by atoms with Crippen molar-refractivity contribution < 1.29 is 9.47 Å². The molecular weight excluding hydrogens is 166 g/mol. The lowest BCUT2D eigenvalue weighted by Gasteiger charge is -2.08. The Kier molecular flexibility index (Phi) is 3.20. The minimum atomic E-state index is 0.298. The Hall–Kier alpha value is -1.64. The Bertz CT molecular complexity index is 279. The SMILES string of the molecule is C=C(OCC)Oc1ccc(N)cc1. The van der Waals surface area contributed by atoms with Gasteiger partial charge in [0.25, 0.3) is 5.95 Å². The van der Waals surface area contributed by atoms with Crippen molar-refractivity contribution in [2.24, 2.45) is 0 Å². The quantitative estimate of drug-likeness (QED) is 0.569. The van der Waals surface area contributed by atoms with E-state index in [9.17, 15) is 0 Å². The van der Waals surface area contributed by atoms with E-state index in [1.54, 1.807) is 24.3 Å². The second kappa shape index (κ2) is 4.40. The molecule has 0 aliphatic rings. The van der Waals surface area contributed by atoms with Gasteiger partial charge in [0.15, 0.2) is 0 Å². The molecule has 0 unspecified atom stereocenters. The molecule has 2 N–H and O–H groups in total. The molecule has 13 heavy (non-hydrogen) atoms. The van der Waals surface area contributed by atoms with Crippen LogP contribution in [0.15, 0.2) is 36.8 Å². The molecule has 0 spiro atoms. The van der Waals surface area contributed by atoms with Crippen LogP contribution in [0.1, 0.15) is 6.92 Å². The Labute approximate surface area is 77.8 Å². The number of anilines is 1. The first kappa shape index (κ1) is 9.45. The van der Waals surface area contributed by atoms with Crippen LogP contribution in [0.5, 0.6) is 5.75 Å². The number of nitrogens with two attached hydrogens (primary N) is 1. The van der Waals surface area contributed by atoms with Crippen molar-refractivity contribution in [3.8, 4) is 5.75 Å². The van der Waals surface area contributed by atoms with Gasteiger partial charge >= 0.3 is 0 Å².